The maximum Gasteiger partial charge on any atom is 0.319 e. The van der Waals surface area contributed by atoms with Crippen molar-refractivity contribution in [2.45, 2.75) is 0 Å². The highest BCUT2D eigenvalue weighted by Crippen LogP contribution is 2.10. The lowest BCUT2D eigenvalue weighted by molar-refractivity contribution is 0.253. The van der Waals surface area contributed by atoms with Crippen LogP contribution >= 0.6 is 0 Å². The first-order valence-corrected chi connectivity index (χ1v) is 6.09. The summed E-state index contributed by atoms with van der Waals surface area (Å²) in [6, 6.07) is 18.9. The van der Waals surface area contributed by atoms with Gasteiger partial charge in [0, 0.05) is 12.2 Å². The Kier molecular flexibility index (Phi) is 4.34. The number of hydrogen-bond acceptors (Lipinski definition) is 1. The van der Waals surface area contributed by atoms with Gasteiger partial charge in [-0.05, 0) is 23.3 Å². The summed E-state index contributed by atoms with van der Waals surface area (Å²) in [4.78, 5) is 11.7. The predicted octanol–water partition coefficient (Wildman–Crippen LogP) is 3.52. The van der Waals surface area contributed by atoms with E-state index >= 15 is 0 Å². The minimum Gasteiger partial charge on any atom is -0.334 e. The minimum absolute atomic E-state index is 0.233. The van der Waals surface area contributed by atoms with E-state index in [2.05, 4.69) is 17.2 Å². The number of rotatable bonds is 4. The zero-order chi connectivity index (χ0) is 13.5. The molecule has 3 heteroatoms. The first kappa shape index (κ1) is 12.9. The SMILES string of the molecule is C=C(CNC(=O)Nc1ccccc1)c1ccccc1. The summed E-state index contributed by atoms with van der Waals surface area (Å²) < 4.78 is 0. The van der Waals surface area contributed by atoms with Crippen molar-refractivity contribution in [1.82, 2.24) is 5.32 Å². The van der Waals surface area contributed by atoms with Crippen molar-refractivity contribution in [2.75, 3.05) is 11.9 Å². The molecular formula is C16H16N2O. The minimum atomic E-state index is -0.233. The van der Waals surface area contributed by atoms with Gasteiger partial charge >= 0.3 is 6.03 Å². The van der Waals surface area contributed by atoms with Crippen LogP contribution in [0.2, 0.25) is 0 Å². The van der Waals surface area contributed by atoms with Crippen LogP contribution in [0.3, 0.4) is 0 Å². The Labute approximate surface area is 113 Å². The fourth-order valence-corrected chi connectivity index (χ4v) is 1.66. The lowest BCUT2D eigenvalue weighted by Crippen LogP contribution is -2.29. The van der Waals surface area contributed by atoms with Crippen LogP contribution in [-0.2, 0) is 0 Å². The highest BCUT2D eigenvalue weighted by molar-refractivity contribution is 5.90. The molecule has 2 rings (SSSR count). The van der Waals surface area contributed by atoms with Gasteiger partial charge < -0.3 is 10.6 Å². The number of amides is 2. The molecule has 0 heterocycles. The van der Waals surface area contributed by atoms with E-state index in [4.69, 9.17) is 0 Å². The van der Waals surface area contributed by atoms with Crippen LogP contribution in [-0.4, -0.2) is 12.6 Å². The Hall–Kier alpha value is -2.55. The molecule has 2 aromatic rings. The van der Waals surface area contributed by atoms with Crippen molar-refractivity contribution < 1.29 is 4.79 Å². The Morgan fingerprint density at radius 3 is 2.16 bits per heavy atom. The topological polar surface area (TPSA) is 41.1 Å². The van der Waals surface area contributed by atoms with Crippen LogP contribution < -0.4 is 10.6 Å². The van der Waals surface area contributed by atoms with Crippen LogP contribution in [0.1, 0.15) is 5.56 Å². The largest absolute Gasteiger partial charge is 0.334 e. The molecule has 0 radical (unpaired) electrons. The fourth-order valence-electron chi connectivity index (χ4n) is 1.66. The smallest absolute Gasteiger partial charge is 0.319 e. The van der Waals surface area contributed by atoms with Crippen LogP contribution in [0.4, 0.5) is 10.5 Å². The van der Waals surface area contributed by atoms with Gasteiger partial charge in [-0.15, -0.1) is 0 Å². The summed E-state index contributed by atoms with van der Waals surface area (Å²) >= 11 is 0. The summed E-state index contributed by atoms with van der Waals surface area (Å²) in [5.41, 5.74) is 2.68. The maximum atomic E-state index is 11.7. The molecule has 0 aliphatic heterocycles. The molecule has 0 saturated heterocycles. The zero-order valence-corrected chi connectivity index (χ0v) is 10.6. The maximum absolute atomic E-state index is 11.7. The van der Waals surface area contributed by atoms with E-state index < -0.39 is 0 Å². The molecule has 19 heavy (non-hydrogen) atoms. The molecule has 0 aliphatic carbocycles. The van der Waals surface area contributed by atoms with E-state index in [1.807, 2.05) is 60.7 Å². The van der Waals surface area contributed by atoms with Gasteiger partial charge in [0.1, 0.15) is 0 Å². The molecule has 96 valence electrons. The van der Waals surface area contributed by atoms with Gasteiger partial charge in [-0.25, -0.2) is 4.79 Å². The van der Waals surface area contributed by atoms with Crippen molar-refractivity contribution in [1.29, 1.82) is 0 Å². The molecular weight excluding hydrogens is 236 g/mol. The van der Waals surface area contributed by atoms with E-state index in [0.717, 1.165) is 16.8 Å². The number of para-hydroxylation sites is 1. The Morgan fingerprint density at radius 2 is 1.53 bits per heavy atom. The van der Waals surface area contributed by atoms with E-state index in [1.54, 1.807) is 0 Å². The molecule has 0 atom stereocenters. The molecule has 0 aliphatic rings. The summed E-state index contributed by atoms with van der Waals surface area (Å²) in [6.45, 7) is 4.38. The van der Waals surface area contributed by atoms with Crippen LogP contribution in [0.15, 0.2) is 67.2 Å². The van der Waals surface area contributed by atoms with Crippen molar-refractivity contribution in [3.8, 4) is 0 Å². The number of carbonyl (C=O) groups excluding carboxylic acids is 1. The van der Waals surface area contributed by atoms with Crippen LogP contribution in [0, 0.1) is 0 Å². The number of urea groups is 1. The average Bonchev–Trinajstić information content (AvgIpc) is 2.47. The number of anilines is 1. The van der Waals surface area contributed by atoms with E-state index in [1.165, 1.54) is 0 Å². The van der Waals surface area contributed by atoms with Gasteiger partial charge in [-0.1, -0.05) is 55.1 Å². The molecule has 2 N–H and O–H groups in total. The second-order valence-corrected chi connectivity index (χ2v) is 4.14. The first-order valence-electron chi connectivity index (χ1n) is 6.09. The van der Waals surface area contributed by atoms with E-state index in [-0.39, 0.29) is 6.03 Å². The first-order chi connectivity index (χ1) is 9.25. The van der Waals surface area contributed by atoms with Gasteiger partial charge in [0.15, 0.2) is 0 Å². The number of nitrogens with one attached hydrogen (secondary N) is 2. The van der Waals surface area contributed by atoms with Gasteiger partial charge in [0.2, 0.25) is 0 Å². The van der Waals surface area contributed by atoms with E-state index in [0.29, 0.717) is 6.54 Å². The lowest BCUT2D eigenvalue weighted by atomic mass is 10.1. The van der Waals surface area contributed by atoms with Crippen molar-refractivity contribution in [3.05, 3.63) is 72.8 Å². The Bertz CT molecular complexity index is 549. The summed E-state index contributed by atoms with van der Waals surface area (Å²) in [6.07, 6.45) is 0. The predicted molar refractivity (Wildman–Crippen MR) is 78.9 cm³/mol. The molecule has 0 spiro atoms. The Balaban J connectivity index is 1.83. The molecule has 0 saturated carbocycles. The van der Waals surface area contributed by atoms with Crippen molar-refractivity contribution in [3.63, 3.8) is 0 Å². The van der Waals surface area contributed by atoms with Gasteiger partial charge in [-0.3, -0.25) is 0 Å². The van der Waals surface area contributed by atoms with Crippen molar-refractivity contribution in [2.24, 2.45) is 0 Å². The molecule has 3 nitrogen and oxygen atoms in total. The van der Waals surface area contributed by atoms with E-state index in [9.17, 15) is 4.79 Å². The van der Waals surface area contributed by atoms with Gasteiger partial charge in [0.25, 0.3) is 0 Å². The summed E-state index contributed by atoms with van der Waals surface area (Å²) in [5.74, 6) is 0. The van der Waals surface area contributed by atoms with Crippen LogP contribution in [0.25, 0.3) is 5.57 Å². The second-order valence-electron chi connectivity index (χ2n) is 4.14. The third-order valence-corrected chi connectivity index (χ3v) is 2.68. The quantitative estimate of drug-likeness (QED) is 0.858. The number of benzene rings is 2. The monoisotopic (exact) mass is 252 g/mol. The Morgan fingerprint density at radius 1 is 0.947 bits per heavy atom. The third kappa shape index (κ3) is 4.00. The third-order valence-electron chi connectivity index (χ3n) is 2.68. The number of hydrogen-bond donors (Lipinski definition) is 2. The standard InChI is InChI=1S/C16H16N2O/c1-13(14-8-4-2-5-9-14)12-17-16(19)18-15-10-6-3-7-11-15/h2-11H,1,12H2,(H2,17,18,19). The molecule has 0 aromatic heterocycles. The highest BCUT2D eigenvalue weighted by atomic mass is 16.2. The number of carbonyl (C=O) groups is 1. The summed E-state index contributed by atoms with van der Waals surface area (Å²) in [7, 11) is 0. The molecule has 0 fully saturated rings. The van der Waals surface area contributed by atoms with Gasteiger partial charge in [0.05, 0.1) is 0 Å². The van der Waals surface area contributed by atoms with Crippen molar-refractivity contribution >= 4 is 17.3 Å². The lowest BCUT2D eigenvalue weighted by Gasteiger charge is -2.09. The van der Waals surface area contributed by atoms with Gasteiger partial charge in [-0.2, -0.15) is 0 Å². The molecule has 2 amide bonds. The molecule has 2 aromatic carbocycles. The normalized spacial score (nSPS) is 9.68. The zero-order valence-electron chi connectivity index (χ0n) is 10.6. The summed E-state index contributed by atoms with van der Waals surface area (Å²) in [5, 5.41) is 5.54. The fraction of sp³-hybridized carbons (Fsp3) is 0.0625. The highest BCUT2D eigenvalue weighted by Gasteiger charge is 2.02. The van der Waals surface area contributed by atoms with Crippen LogP contribution in [0.5, 0.6) is 0 Å². The molecule has 0 bridgehead atoms. The average molecular weight is 252 g/mol. The second kappa shape index (κ2) is 6.40. The molecule has 0 unspecified atom stereocenters.